The summed E-state index contributed by atoms with van der Waals surface area (Å²) in [5.41, 5.74) is 4.47. The van der Waals surface area contributed by atoms with Crippen molar-refractivity contribution in [2.24, 2.45) is 5.10 Å². The van der Waals surface area contributed by atoms with E-state index in [-0.39, 0.29) is 5.91 Å². The third-order valence-corrected chi connectivity index (χ3v) is 5.79. The summed E-state index contributed by atoms with van der Waals surface area (Å²) in [5.74, 6) is 0.555. The van der Waals surface area contributed by atoms with E-state index < -0.39 is 5.25 Å². The number of carbonyl (C=O) groups excluding carboxylic acids is 1. The number of nitrogens with one attached hydrogen (secondary N) is 2. The van der Waals surface area contributed by atoms with Crippen molar-refractivity contribution in [1.82, 2.24) is 20.2 Å². The van der Waals surface area contributed by atoms with Gasteiger partial charge in [-0.25, -0.2) is 5.43 Å². The lowest BCUT2D eigenvalue weighted by Gasteiger charge is -2.12. The molecule has 1 heterocycles. The Balaban J connectivity index is 1.60. The fourth-order valence-corrected chi connectivity index (χ4v) is 3.93. The van der Waals surface area contributed by atoms with Gasteiger partial charge in [0.15, 0.2) is 11.0 Å². The molecule has 0 saturated carbocycles. The molecule has 160 valence electrons. The number of hydrogen-bond acceptors (Lipinski definition) is 6. The van der Waals surface area contributed by atoms with Crippen molar-refractivity contribution in [2.45, 2.75) is 30.4 Å². The van der Waals surface area contributed by atoms with E-state index in [1.165, 1.54) is 11.8 Å². The third kappa shape index (κ3) is 6.80. The first-order valence-corrected chi connectivity index (χ1v) is 11.3. The molecule has 3 rings (SSSR count). The van der Waals surface area contributed by atoms with E-state index in [9.17, 15) is 4.79 Å². The van der Waals surface area contributed by atoms with Crippen LogP contribution in [0, 0.1) is 0 Å². The molecule has 0 bridgehead atoms. The molecule has 1 aromatic heterocycles. The fraction of sp³-hybridized carbons (Fsp3) is 0.182. The molecule has 0 fully saturated rings. The Hall–Kier alpha value is -2.91. The molecule has 2 aromatic carbocycles. The van der Waals surface area contributed by atoms with Gasteiger partial charge in [0.1, 0.15) is 0 Å². The van der Waals surface area contributed by atoms with Crippen molar-refractivity contribution in [2.75, 3.05) is 5.32 Å². The van der Waals surface area contributed by atoms with Gasteiger partial charge in [-0.1, -0.05) is 64.1 Å². The second kappa shape index (κ2) is 11.5. The molecule has 9 heteroatoms. The molecule has 2 N–H and O–H groups in total. The number of benzene rings is 2. The minimum atomic E-state index is -0.401. The zero-order valence-corrected chi connectivity index (χ0v) is 19.4. The van der Waals surface area contributed by atoms with Crippen LogP contribution in [0.15, 0.2) is 82.0 Å². The van der Waals surface area contributed by atoms with E-state index in [0.717, 1.165) is 21.5 Å². The predicted octanol–water partition coefficient (Wildman–Crippen LogP) is 4.47. The quantitative estimate of drug-likeness (QED) is 0.186. The molecule has 31 heavy (non-hydrogen) atoms. The van der Waals surface area contributed by atoms with Gasteiger partial charge in [-0.3, -0.25) is 4.79 Å². The zero-order chi connectivity index (χ0) is 22.1. The van der Waals surface area contributed by atoms with Gasteiger partial charge < -0.3 is 9.88 Å². The van der Waals surface area contributed by atoms with E-state index >= 15 is 0 Å². The summed E-state index contributed by atoms with van der Waals surface area (Å²) in [6.07, 6.45) is 3.39. The van der Waals surface area contributed by atoms with Crippen LogP contribution >= 0.6 is 27.7 Å². The van der Waals surface area contributed by atoms with Crippen molar-refractivity contribution in [3.63, 3.8) is 0 Å². The molecule has 0 radical (unpaired) electrons. The summed E-state index contributed by atoms with van der Waals surface area (Å²) in [6.45, 7) is 6.70. The van der Waals surface area contributed by atoms with Crippen LogP contribution < -0.4 is 10.7 Å². The number of halogens is 1. The molecule has 3 aromatic rings. The summed E-state index contributed by atoms with van der Waals surface area (Å²) in [4.78, 5) is 12.4. The molecule has 0 spiro atoms. The maximum Gasteiger partial charge on any atom is 0.253 e. The number of allylic oxidation sites excluding steroid dienone is 1. The van der Waals surface area contributed by atoms with E-state index in [1.54, 1.807) is 12.3 Å². The van der Waals surface area contributed by atoms with Crippen molar-refractivity contribution >= 4 is 45.5 Å². The summed E-state index contributed by atoms with van der Waals surface area (Å²) in [7, 11) is 0. The van der Waals surface area contributed by atoms with Gasteiger partial charge in [-0.15, -0.1) is 16.8 Å². The molecule has 1 unspecified atom stereocenters. The van der Waals surface area contributed by atoms with Gasteiger partial charge in [0.2, 0.25) is 0 Å². The van der Waals surface area contributed by atoms with Gasteiger partial charge in [0.05, 0.1) is 18.0 Å². The van der Waals surface area contributed by atoms with Crippen LogP contribution in [0.2, 0.25) is 0 Å². The van der Waals surface area contributed by atoms with E-state index in [1.807, 2.05) is 66.1 Å². The lowest BCUT2D eigenvalue weighted by atomic mass is 10.2. The molecule has 1 amide bonds. The average Bonchev–Trinajstić information content (AvgIpc) is 3.14. The number of amides is 1. The van der Waals surface area contributed by atoms with Crippen LogP contribution in [0.5, 0.6) is 0 Å². The summed E-state index contributed by atoms with van der Waals surface area (Å²) in [6, 6.07) is 17.5. The third-order valence-electron chi connectivity index (χ3n) is 4.22. The van der Waals surface area contributed by atoms with Crippen LogP contribution in [0.1, 0.15) is 18.3 Å². The van der Waals surface area contributed by atoms with Crippen LogP contribution in [-0.4, -0.2) is 32.1 Å². The summed E-state index contributed by atoms with van der Waals surface area (Å²) >= 11 is 4.74. The molecule has 0 saturated heterocycles. The Morgan fingerprint density at radius 3 is 2.81 bits per heavy atom. The van der Waals surface area contributed by atoms with Gasteiger partial charge in [0, 0.05) is 16.7 Å². The Kier molecular flexibility index (Phi) is 8.43. The fourth-order valence-electron chi connectivity index (χ4n) is 2.65. The van der Waals surface area contributed by atoms with Crippen LogP contribution in [0.3, 0.4) is 0 Å². The predicted molar refractivity (Wildman–Crippen MR) is 129 cm³/mol. The topological polar surface area (TPSA) is 84.2 Å². The smallest absolute Gasteiger partial charge is 0.253 e. The zero-order valence-electron chi connectivity index (χ0n) is 17.0. The van der Waals surface area contributed by atoms with Crippen LogP contribution in [0.25, 0.3) is 0 Å². The summed E-state index contributed by atoms with van der Waals surface area (Å²) < 4.78 is 2.90. The first kappa shape index (κ1) is 22.8. The number of hydrazone groups is 1. The van der Waals surface area contributed by atoms with E-state index in [2.05, 4.69) is 48.6 Å². The van der Waals surface area contributed by atoms with Crippen LogP contribution in [-0.2, 0) is 17.9 Å². The Morgan fingerprint density at radius 1 is 1.26 bits per heavy atom. The van der Waals surface area contributed by atoms with Crippen molar-refractivity contribution in [3.8, 4) is 0 Å². The number of thioether (sulfide) groups is 1. The van der Waals surface area contributed by atoms with Gasteiger partial charge in [0.25, 0.3) is 5.91 Å². The van der Waals surface area contributed by atoms with Crippen LogP contribution in [0.4, 0.5) is 5.69 Å². The monoisotopic (exact) mass is 498 g/mol. The Morgan fingerprint density at radius 2 is 2.06 bits per heavy atom. The van der Waals surface area contributed by atoms with Gasteiger partial charge in [-0.05, 0) is 36.8 Å². The van der Waals surface area contributed by atoms with Gasteiger partial charge >= 0.3 is 0 Å². The highest BCUT2D eigenvalue weighted by Crippen LogP contribution is 2.23. The Bertz CT molecular complexity index is 1050. The maximum absolute atomic E-state index is 12.4. The highest BCUT2D eigenvalue weighted by atomic mass is 79.9. The number of rotatable bonds is 10. The number of aromatic nitrogens is 3. The molecule has 7 nitrogen and oxygen atoms in total. The number of anilines is 1. The first-order chi connectivity index (χ1) is 15.1. The van der Waals surface area contributed by atoms with E-state index in [4.69, 9.17) is 0 Å². The maximum atomic E-state index is 12.4. The highest BCUT2D eigenvalue weighted by molar-refractivity contribution is 9.10. The number of carbonyl (C=O) groups is 1. The molecular weight excluding hydrogens is 476 g/mol. The second-order valence-corrected chi connectivity index (χ2v) is 8.79. The minimum absolute atomic E-state index is 0.214. The first-order valence-electron chi connectivity index (χ1n) is 9.64. The standard InChI is InChI=1S/C22H23BrN6OS/c1-3-12-29-20(15-24-19-10-5-4-6-11-19)26-28-22(29)31-16(2)21(30)27-25-14-17-8-7-9-18(23)13-17/h3-11,13-14,16,24H,1,12,15H2,2H3,(H,27,30)/b25-14+. The molecule has 0 aliphatic rings. The largest absolute Gasteiger partial charge is 0.378 e. The highest BCUT2D eigenvalue weighted by Gasteiger charge is 2.19. The lowest BCUT2D eigenvalue weighted by molar-refractivity contribution is -0.120. The average molecular weight is 499 g/mol. The van der Waals surface area contributed by atoms with Crippen molar-refractivity contribution in [3.05, 3.63) is 83.1 Å². The van der Waals surface area contributed by atoms with Crippen molar-refractivity contribution in [1.29, 1.82) is 0 Å². The number of nitrogens with zero attached hydrogens (tertiary/aromatic N) is 4. The normalized spacial score (nSPS) is 11.9. The van der Waals surface area contributed by atoms with Gasteiger partial charge in [-0.2, -0.15) is 5.10 Å². The molecule has 1 atom stereocenters. The van der Waals surface area contributed by atoms with Crippen molar-refractivity contribution < 1.29 is 4.79 Å². The number of hydrogen-bond donors (Lipinski definition) is 2. The second-order valence-electron chi connectivity index (χ2n) is 6.57. The SMILES string of the molecule is C=CCn1c(CNc2ccccc2)nnc1SC(C)C(=O)N/N=C/c1cccc(Br)c1. The Labute approximate surface area is 194 Å². The molecule has 0 aliphatic carbocycles. The summed E-state index contributed by atoms with van der Waals surface area (Å²) in [5, 5.41) is 16.2. The van der Waals surface area contributed by atoms with E-state index in [0.29, 0.717) is 18.2 Å². The lowest BCUT2D eigenvalue weighted by Crippen LogP contribution is -2.27. The number of para-hydroxylation sites is 1. The molecular formula is C22H23BrN6OS. The minimum Gasteiger partial charge on any atom is -0.378 e. The molecule has 0 aliphatic heterocycles.